The van der Waals surface area contributed by atoms with Gasteiger partial charge in [-0.3, -0.25) is 14.9 Å². The van der Waals surface area contributed by atoms with E-state index in [1.54, 1.807) is 12.3 Å². The number of hydrogen-bond acceptors (Lipinski definition) is 4. The maximum absolute atomic E-state index is 14.2. The summed E-state index contributed by atoms with van der Waals surface area (Å²) in [5.74, 6) is -0.414. The summed E-state index contributed by atoms with van der Waals surface area (Å²) in [7, 11) is 0. The summed E-state index contributed by atoms with van der Waals surface area (Å²) >= 11 is 0. The minimum atomic E-state index is -0.414. The Labute approximate surface area is 170 Å². The van der Waals surface area contributed by atoms with Crippen LogP contribution in [0.5, 0.6) is 0 Å². The van der Waals surface area contributed by atoms with Gasteiger partial charge in [0, 0.05) is 32.8 Å². The monoisotopic (exact) mass is 401 g/mol. The predicted octanol–water partition coefficient (Wildman–Crippen LogP) is 4.64. The fraction of sp³-hybridized carbons (Fsp3) is 0.174. The van der Waals surface area contributed by atoms with Gasteiger partial charge in [0.2, 0.25) is 0 Å². The molecule has 0 saturated carbocycles. The van der Waals surface area contributed by atoms with Gasteiger partial charge in [-0.1, -0.05) is 26.8 Å². The van der Waals surface area contributed by atoms with Crippen molar-refractivity contribution in [2.24, 2.45) is 0 Å². The van der Waals surface area contributed by atoms with Crippen LogP contribution in [0.3, 0.4) is 0 Å². The molecule has 30 heavy (non-hydrogen) atoms. The van der Waals surface area contributed by atoms with E-state index < -0.39 is 11.4 Å². The third-order valence-electron chi connectivity index (χ3n) is 5.50. The summed E-state index contributed by atoms with van der Waals surface area (Å²) in [6.07, 6.45) is 1.54. The molecular weight excluding hydrogens is 381 g/mol. The third kappa shape index (κ3) is 2.58. The van der Waals surface area contributed by atoms with Crippen LogP contribution >= 0.6 is 0 Å². The van der Waals surface area contributed by atoms with Crippen LogP contribution in [0.2, 0.25) is 0 Å². The molecule has 6 nitrogen and oxygen atoms in total. The Kier molecular flexibility index (Phi) is 3.74. The first kappa shape index (κ1) is 18.3. The standard InChI is InChI=1S/C23H20FN5O/c1-23(2,3)17-9-6-12-16(27-17)8-5-13-18(19(25)22(30)28-20(12)13)11-4-7-15(24)21-14(11)10-26-29-21/h4-10H,25H2,1-3H3,(H,26,29)(H,28,30). The molecule has 3 aromatic heterocycles. The lowest BCUT2D eigenvalue weighted by atomic mass is 9.90. The molecule has 0 saturated heterocycles. The molecule has 0 spiro atoms. The fourth-order valence-corrected chi connectivity index (χ4v) is 3.91. The molecule has 5 rings (SSSR count). The van der Waals surface area contributed by atoms with Crippen molar-refractivity contribution in [2.75, 3.05) is 5.73 Å². The lowest BCUT2D eigenvalue weighted by Crippen LogP contribution is -2.15. The molecule has 7 heteroatoms. The number of hydrogen-bond donors (Lipinski definition) is 3. The van der Waals surface area contributed by atoms with Crippen molar-refractivity contribution in [2.45, 2.75) is 26.2 Å². The van der Waals surface area contributed by atoms with E-state index in [1.807, 2.05) is 24.3 Å². The molecule has 5 aromatic rings. The lowest BCUT2D eigenvalue weighted by molar-refractivity contribution is 0.571. The topological polar surface area (TPSA) is 100 Å². The Balaban J connectivity index is 1.90. The van der Waals surface area contributed by atoms with Crippen LogP contribution in [-0.2, 0) is 5.41 Å². The zero-order valence-corrected chi connectivity index (χ0v) is 16.8. The van der Waals surface area contributed by atoms with E-state index in [-0.39, 0.29) is 16.6 Å². The van der Waals surface area contributed by atoms with Gasteiger partial charge in [-0.15, -0.1) is 0 Å². The second kappa shape index (κ2) is 6.13. The second-order valence-corrected chi connectivity index (χ2v) is 8.50. The Morgan fingerprint density at radius 2 is 1.73 bits per heavy atom. The molecule has 2 aromatic carbocycles. The Morgan fingerprint density at radius 3 is 2.50 bits per heavy atom. The molecule has 150 valence electrons. The summed E-state index contributed by atoms with van der Waals surface area (Å²) in [4.78, 5) is 20.4. The molecule has 0 radical (unpaired) electrons. The average molecular weight is 401 g/mol. The first-order chi connectivity index (χ1) is 14.3. The highest BCUT2D eigenvalue weighted by molar-refractivity contribution is 6.14. The zero-order chi connectivity index (χ0) is 21.2. The number of pyridine rings is 2. The molecule has 0 aliphatic carbocycles. The first-order valence-corrected chi connectivity index (χ1v) is 9.63. The highest BCUT2D eigenvalue weighted by Gasteiger charge is 2.20. The molecular formula is C23H20FN5O. The summed E-state index contributed by atoms with van der Waals surface area (Å²) < 4.78 is 14.2. The number of aromatic amines is 2. The minimum Gasteiger partial charge on any atom is -0.394 e. The molecule has 0 unspecified atom stereocenters. The summed E-state index contributed by atoms with van der Waals surface area (Å²) in [5.41, 5.74) is 9.69. The summed E-state index contributed by atoms with van der Waals surface area (Å²) in [6, 6.07) is 10.7. The number of nitrogens with one attached hydrogen (secondary N) is 2. The van der Waals surface area contributed by atoms with Gasteiger partial charge in [0.25, 0.3) is 5.56 Å². The largest absolute Gasteiger partial charge is 0.394 e. The highest BCUT2D eigenvalue weighted by atomic mass is 19.1. The number of nitrogen functional groups attached to an aromatic ring is 1. The fourth-order valence-electron chi connectivity index (χ4n) is 3.91. The van der Waals surface area contributed by atoms with Crippen molar-refractivity contribution in [1.29, 1.82) is 0 Å². The number of nitrogens with zero attached hydrogens (tertiary/aromatic N) is 2. The number of H-pyrrole nitrogens is 2. The van der Waals surface area contributed by atoms with Crippen LogP contribution in [0.4, 0.5) is 10.1 Å². The Morgan fingerprint density at radius 1 is 0.967 bits per heavy atom. The average Bonchev–Trinajstić information content (AvgIpc) is 3.20. The van der Waals surface area contributed by atoms with Gasteiger partial charge in [-0.05, 0) is 35.9 Å². The SMILES string of the molecule is CC(C)(C)c1ccc2c(ccc3c(-c4ccc(F)c5[nH]ncc45)c(N)c(=O)[nH]c32)n1. The molecule has 3 heterocycles. The summed E-state index contributed by atoms with van der Waals surface area (Å²) in [6.45, 7) is 6.31. The normalized spacial score (nSPS) is 12.3. The van der Waals surface area contributed by atoms with Crippen molar-refractivity contribution in [3.05, 3.63) is 64.5 Å². The van der Waals surface area contributed by atoms with Crippen LogP contribution in [0, 0.1) is 5.82 Å². The minimum absolute atomic E-state index is 0.0789. The Bertz CT molecular complexity index is 1520. The van der Waals surface area contributed by atoms with Gasteiger partial charge in [0.15, 0.2) is 0 Å². The van der Waals surface area contributed by atoms with Gasteiger partial charge in [-0.2, -0.15) is 5.10 Å². The number of anilines is 1. The van der Waals surface area contributed by atoms with Crippen LogP contribution in [0.15, 0.2) is 47.4 Å². The predicted molar refractivity (Wildman–Crippen MR) is 118 cm³/mol. The van der Waals surface area contributed by atoms with Gasteiger partial charge < -0.3 is 10.7 Å². The van der Waals surface area contributed by atoms with Gasteiger partial charge in [0.1, 0.15) is 17.0 Å². The van der Waals surface area contributed by atoms with E-state index in [0.717, 1.165) is 22.0 Å². The molecule has 0 aliphatic heterocycles. The molecule has 0 amide bonds. The number of fused-ring (bicyclic) bond motifs is 4. The van der Waals surface area contributed by atoms with Crippen molar-refractivity contribution >= 4 is 38.4 Å². The van der Waals surface area contributed by atoms with E-state index in [0.29, 0.717) is 22.0 Å². The van der Waals surface area contributed by atoms with Crippen molar-refractivity contribution in [3.8, 4) is 11.1 Å². The third-order valence-corrected chi connectivity index (χ3v) is 5.50. The molecule has 0 bridgehead atoms. The maximum Gasteiger partial charge on any atom is 0.272 e. The molecule has 4 N–H and O–H groups in total. The van der Waals surface area contributed by atoms with Crippen LogP contribution in [0.25, 0.3) is 43.8 Å². The van der Waals surface area contributed by atoms with Gasteiger partial charge in [0.05, 0.1) is 17.2 Å². The van der Waals surface area contributed by atoms with Crippen LogP contribution in [0.1, 0.15) is 26.5 Å². The van der Waals surface area contributed by atoms with E-state index in [2.05, 4.69) is 36.0 Å². The quantitative estimate of drug-likeness (QED) is 0.356. The summed E-state index contributed by atoms with van der Waals surface area (Å²) in [5, 5.41) is 8.78. The van der Waals surface area contributed by atoms with Gasteiger partial charge >= 0.3 is 0 Å². The van der Waals surface area contributed by atoms with Gasteiger partial charge in [-0.25, -0.2) is 4.39 Å². The number of benzene rings is 2. The van der Waals surface area contributed by atoms with Crippen molar-refractivity contribution < 1.29 is 4.39 Å². The number of rotatable bonds is 1. The zero-order valence-electron chi connectivity index (χ0n) is 16.8. The van der Waals surface area contributed by atoms with Crippen molar-refractivity contribution in [3.63, 3.8) is 0 Å². The number of aromatic nitrogens is 4. The molecule has 0 fully saturated rings. The van der Waals surface area contributed by atoms with Crippen LogP contribution < -0.4 is 11.3 Å². The van der Waals surface area contributed by atoms with E-state index in [9.17, 15) is 9.18 Å². The smallest absolute Gasteiger partial charge is 0.272 e. The van der Waals surface area contributed by atoms with E-state index >= 15 is 0 Å². The van der Waals surface area contributed by atoms with E-state index in [1.165, 1.54) is 6.07 Å². The van der Waals surface area contributed by atoms with E-state index in [4.69, 9.17) is 10.7 Å². The highest BCUT2D eigenvalue weighted by Crippen LogP contribution is 2.38. The van der Waals surface area contributed by atoms with Crippen molar-refractivity contribution in [1.82, 2.24) is 20.2 Å². The molecule has 0 aliphatic rings. The lowest BCUT2D eigenvalue weighted by Gasteiger charge is -2.18. The maximum atomic E-state index is 14.2. The molecule has 0 atom stereocenters. The first-order valence-electron chi connectivity index (χ1n) is 9.63. The Hall–Kier alpha value is -3.74. The number of halogens is 1. The number of nitrogens with two attached hydrogens (primary N) is 1. The van der Waals surface area contributed by atoms with Crippen LogP contribution in [-0.4, -0.2) is 20.2 Å². The second-order valence-electron chi connectivity index (χ2n) is 8.50.